The van der Waals surface area contributed by atoms with Gasteiger partial charge in [-0.2, -0.15) is 26.3 Å². The van der Waals surface area contributed by atoms with Crippen molar-refractivity contribution in [1.82, 2.24) is 0 Å². The standard InChI is InChI=1S/C10H8F14O3S.Na/c11-1(2(12)4(14)6(16)17)3(13)5(15)8(19,20)10(23,24)9(21,22)7(18)28(25,26)27;/h1-7H,(H,25,26,27);/q;+1/p-1. The average molecular weight is 496 g/mol. The third kappa shape index (κ3) is 6.00. The topological polar surface area (TPSA) is 57.2 Å². The summed E-state index contributed by atoms with van der Waals surface area (Å²) in [6.07, 6.45) is -28.3. The minimum absolute atomic E-state index is 0. The molecule has 3 nitrogen and oxygen atoms in total. The summed E-state index contributed by atoms with van der Waals surface area (Å²) in [6.45, 7) is 0. The van der Waals surface area contributed by atoms with Crippen LogP contribution in [-0.2, 0) is 10.1 Å². The van der Waals surface area contributed by atoms with Crippen molar-refractivity contribution in [3.05, 3.63) is 0 Å². The van der Waals surface area contributed by atoms with Crippen LogP contribution in [0, 0.1) is 0 Å². The molecule has 0 bridgehead atoms. The fourth-order valence-corrected chi connectivity index (χ4v) is 2.08. The molecule has 29 heavy (non-hydrogen) atoms. The molecule has 0 rings (SSSR count). The number of hydrogen-bond donors (Lipinski definition) is 0. The van der Waals surface area contributed by atoms with E-state index in [1.165, 1.54) is 0 Å². The van der Waals surface area contributed by atoms with Gasteiger partial charge >= 0.3 is 47.3 Å². The third-order valence-corrected chi connectivity index (χ3v) is 3.96. The Morgan fingerprint density at radius 3 is 1.28 bits per heavy atom. The Hall–Kier alpha value is -0.0700. The first-order valence-electron chi connectivity index (χ1n) is 6.36. The number of halogens is 14. The van der Waals surface area contributed by atoms with Crippen LogP contribution in [0.3, 0.4) is 0 Å². The first kappa shape index (κ1) is 31.1. The fourth-order valence-electron chi connectivity index (χ4n) is 1.57. The minimum Gasteiger partial charge on any atom is -0.746 e. The predicted molar refractivity (Wildman–Crippen MR) is 59.9 cm³/mol. The van der Waals surface area contributed by atoms with Crippen molar-refractivity contribution in [3.63, 3.8) is 0 Å². The van der Waals surface area contributed by atoms with Gasteiger partial charge in [-0.05, 0) is 0 Å². The van der Waals surface area contributed by atoms with Crippen molar-refractivity contribution in [2.24, 2.45) is 0 Å². The summed E-state index contributed by atoms with van der Waals surface area (Å²) in [6, 6.07) is 0. The van der Waals surface area contributed by atoms with Crippen LogP contribution in [0.2, 0.25) is 0 Å². The summed E-state index contributed by atoms with van der Waals surface area (Å²) >= 11 is 0. The molecule has 0 amide bonds. The molecule has 6 atom stereocenters. The minimum atomic E-state index is -7.54. The maximum Gasteiger partial charge on any atom is 1.00 e. The molecule has 0 aromatic rings. The molecule has 0 fully saturated rings. The van der Waals surface area contributed by atoms with E-state index in [9.17, 15) is 74.4 Å². The Morgan fingerprint density at radius 1 is 0.621 bits per heavy atom. The Bertz CT molecular complexity index is 631. The van der Waals surface area contributed by atoms with E-state index >= 15 is 0 Å². The zero-order valence-electron chi connectivity index (χ0n) is 13.5. The van der Waals surface area contributed by atoms with Crippen LogP contribution >= 0.6 is 0 Å². The van der Waals surface area contributed by atoms with Crippen molar-refractivity contribution in [2.45, 2.75) is 60.6 Å². The van der Waals surface area contributed by atoms with E-state index in [1.54, 1.807) is 0 Å². The summed E-state index contributed by atoms with van der Waals surface area (Å²) in [5.41, 5.74) is -5.62. The summed E-state index contributed by atoms with van der Waals surface area (Å²) in [5, 5.41) is 0. The molecule has 170 valence electrons. The Labute approximate surface area is 174 Å². The second kappa shape index (κ2) is 10.0. The zero-order valence-corrected chi connectivity index (χ0v) is 16.3. The van der Waals surface area contributed by atoms with Crippen molar-refractivity contribution in [3.8, 4) is 0 Å². The molecule has 0 aliphatic carbocycles. The second-order valence-corrected chi connectivity index (χ2v) is 6.54. The molecule has 19 heteroatoms. The largest absolute Gasteiger partial charge is 1.00 e. The fraction of sp³-hybridized carbons (Fsp3) is 1.00. The van der Waals surface area contributed by atoms with E-state index in [1.807, 2.05) is 0 Å². The number of rotatable bonds is 10. The van der Waals surface area contributed by atoms with Gasteiger partial charge in [-0.15, -0.1) is 0 Å². The van der Waals surface area contributed by atoms with E-state index < -0.39 is 70.7 Å². The monoisotopic (exact) mass is 496 g/mol. The third-order valence-electron chi connectivity index (χ3n) is 3.16. The Kier molecular flexibility index (Phi) is 10.8. The Morgan fingerprint density at radius 2 is 0.966 bits per heavy atom. The van der Waals surface area contributed by atoms with E-state index in [0.29, 0.717) is 0 Å². The molecule has 0 N–H and O–H groups in total. The van der Waals surface area contributed by atoms with Gasteiger partial charge in [-0.3, -0.25) is 0 Å². The van der Waals surface area contributed by atoms with Crippen molar-refractivity contribution < 1.29 is 104 Å². The molecule has 6 unspecified atom stereocenters. The van der Waals surface area contributed by atoms with Crippen LogP contribution in [-0.4, -0.2) is 73.5 Å². The van der Waals surface area contributed by atoms with Gasteiger partial charge in [0.25, 0.3) is 11.9 Å². The number of alkyl halides is 14. The van der Waals surface area contributed by atoms with Crippen LogP contribution in [0.5, 0.6) is 0 Å². The van der Waals surface area contributed by atoms with Crippen molar-refractivity contribution in [2.75, 3.05) is 0 Å². The first-order chi connectivity index (χ1) is 12.2. The predicted octanol–water partition coefficient (Wildman–Crippen LogP) is 0.693. The van der Waals surface area contributed by atoms with Gasteiger partial charge < -0.3 is 4.55 Å². The average Bonchev–Trinajstić information content (AvgIpc) is 2.55. The Balaban J connectivity index is 0. The number of hydrogen-bond acceptors (Lipinski definition) is 3. The van der Waals surface area contributed by atoms with E-state index in [4.69, 9.17) is 0 Å². The van der Waals surface area contributed by atoms with Crippen LogP contribution in [0.1, 0.15) is 0 Å². The van der Waals surface area contributed by atoms with Crippen molar-refractivity contribution in [1.29, 1.82) is 0 Å². The molecule has 0 aliphatic heterocycles. The van der Waals surface area contributed by atoms with Crippen molar-refractivity contribution >= 4 is 10.1 Å². The van der Waals surface area contributed by atoms with Crippen LogP contribution in [0.15, 0.2) is 0 Å². The van der Waals surface area contributed by atoms with Gasteiger partial charge in [-0.25, -0.2) is 43.5 Å². The smallest absolute Gasteiger partial charge is 0.746 e. The summed E-state index contributed by atoms with van der Waals surface area (Å²) in [4.78, 5) is 0. The van der Waals surface area contributed by atoms with Gasteiger partial charge in [0.1, 0.15) is 10.1 Å². The maximum atomic E-state index is 13.2. The molecular formula is C10H7F14NaO3S. The van der Waals surface area contributed by atoms with E-state index in [2.05, 4.69) is 0 Å². The molecular weight excluding hydrogens is 489 g/mol. The second-order valence-electron chi connectivity index (χ2n) is 5.14. The van der Waals surface area contributed by atoms with Crippen LogP contribution in [0.4, 0.5) is 61.5 Å². The molecule has 0 radical (unpaired) electrons. The molecule has 0 heterocycles. The van der Waals surface area contributed by atoms with Gasteiger partial charge in [-0.1, -0.05) is 0 Å². The zero-order chi connectivity index (χ0) is 23.0. The molecule has 0 aromatic heterocycles. The molecule has 0 saturated carbocycles. The first-order valence-corrected chi connectivity index (χ1v) is 7.83. The summed E-state index contributed by atoms with van der Waals surface area (Å²) in [5.74, 6) is -22.0. The molecule has 0 saturated heterocycles. The van der Waals surface area contributed by atoms with Gasteiger partial charge in [0.15, 0.2) is 24.7 Å². The van der Waals surface area contributed by atoms with E-state index in [0.717, 1.165) is 0 Å². The quantitative estimate of drug-likeness (QED) is 0.254. The summed E-state index contributed by atoms with van der Waals surface area (Å²) < 4.78 is 210. The van der Waals surface area contributed by atoms with Crippen LogP contribution < -0.4 is 29.6 Å². The normalized spacial score (nSPS) is 20.4. The molecule has 0 spiro atoms. The molecule has 0 aromatic carbocycles. The van der Waals surface area contributed by atoms with Crippen LogP contribution in [0.25, 0.3) is 0 Å². The maximum absolute atomic E-state index is 13.2. The summed E-state index contributed by atoms with van der Waals surface area (Å²) in [7, 11) is -7.06. The van der Waals surface area contributed by atoms with Gasteiger partial charge in [0, 0.05) is 0 Å². The molecule has 0 aliphatic rings. The van der Waals surface area contributed by atoms with E-state index in [-0.39, 0.29) is 29.6 Å². The van der Waals surface area contributed by atoms with Gasteiger partial charge in [0.05, 0.1) is 0 Å². The van der Waals surface area contributed by atoms with Gasteiger partial charge in [0.2, 0.25) is 6.17 Å². The SMILES string of the molecule is O=S(=O)([O-])C(F)C(F)(F)C(F)(F)C(F)(F)C(F)C(F)C(F)C(F)C(F)C(F)F.[Na+].